The normalized spacial score (nSPS) is 16.9. The van der Waals surface area contributed by atoms with E-state index in [9.17, 15) is 0 Å². The van der Waals surface area contributed by atoms with Crippen molar-refractivity contribution in [1.82, 2.24) is 0 Å². The molecule has 0 saturated carbocycles. The van der Waals surface area contributed by atoms with E-state index in [0.29, 0.717) is 0 Å². The highest BCUT2D eigenvalue weighted by Crippen LogP contribution is 2.50. The van der Waals surface area contributed by atoms with Crippen molar-refractivity contribution >= 4 is 5.69 Å². The number of methoxy groups -OCH3 is 1. The lowest BCUT2D eigenvalue weighted by Crippen LogP contribution is -2.40. The molecule has 148 valence electrons. The van der Waals surface area contributed by atoms with Crippen LogP contribution in [0.5, 0.6) is 5.75 Å². The molecule has 4 aromatic carbocycles. The standard InChI is InChI=1S/C27H23NO2/c1-29-25-19-11-8-16-22(25)26-28-24-18-10-9-17-23(24)27(30-26,20-12-4-2-5-13-20)21-14-6-3-7-15-21/h2-19,26,28H,1H3/t26-/m1/s1. The molecule has 30 heavy (non-hydrogen) atoms. The van der Waals surface area contributed by atoms with E-state index >= 15 is 0 Å². The molecule has 0 aromatic heterocycles. The Morgan fingerprint density at radius 1 is 0.700 bits per heavy atom. The molecule has 0 fully saturated rings. The second-order valence-corrected chi connectivity index (χ2v) is 7.34. The number of anilines is 1. The van der Waals surface area contributed by atoms with Crippen LogP contribution < -0.4 is 10.1 Å². The lowest BCUT2D eigenvalue weighted by molar-refractivity contribution is -0.0440. The molecule has 1 heterocycles. The Bertz CT molecular complexity index is 1100. The maximum atomic E-state index is 7.01. The van der Waals surface area contributed by atoms with E-state index in [1.54, 1.807) is 7.11 Å². The summed E-state index contributed by atoms with van der Waals surface area (Å²) in [5.74, 6) is 0.796. The summed E-state index contributed by atoms with van der Waals surface area (Å²) in [6.07, 6.45) is -0.378. The first-order valence-corrected chi connectivity index (χ1v) is 10.1. The predicted octanol–water partition coefficient (Wildman–Crippen LogP) is 6.13. The van der Waals surface area contributed by atoms with Crippen molar-refractivity contribution in [3.8, 4) is 5.75 Å². The molecule has 1 aliphatic rings. The molecular formula is C27H23NO2. The van der Waals surface area contributed by atoms with Crippen molar-refractivity contribution in [1.29, 1.82) is 0 Å². The third-order valence-corrected chi connectivity index (χ3v) is 5.67. The van der Waals surface area contributed by atoms with E-state index in [1.807, 2.05) is 36.4 Å². The predicted molar refractivity (Wildman–Crippen MR) is 120 cm³/mol. The summed E-state index contributed by atoms with van der Waals surface area (Å²) in [6, 6.07) is 37.2. The quantitative estimate of drug-likeness (QED) is 0.452. The van der Waals surface area contributed by atoms with E-state index in [1.165, 1.54) is 0 Å². The van der Waals surface area contributed by atoms with Gasteiger partial charge in [-0.2, -0.15) is 0 Å². The fourth-order valence-corrected chi connectivity index (χ4v) is 4.31. The first kappa shape index (κ1) is 18.5. The molecule has 0 radical (unpaired) electrons. The number of benzene rings is 4. The fourth-order valence-electron chi connectivity index (χ4n) is 4.31. The zero-order chi connectivity index (χ0) is 20.4. The van der Waals surface area contributed by atoms with Crippen molar-refractivity contribution in [2.24, 2.45) is 0 Å². The minimum Gasteiger partial charge on any atom is -0.496 e. The van der Waals surface area contributed by atoms with E-state index in [2.05, 4.69) is 78.1 Å². The average Bonchev–Trinajstić information content (AvgIpc) is 2.84. The number of fused-ring (bicyclic) bond motifs is 1. The molecule has 3 nitrogen and oxygen atoms in total. The van der Waals surface area contributed by atoms with Gasteiger partial charge in [0.25, 0.3) is 0 Å². The molecule has 1 N–H and O–H groups in total. The zero-order valence-corrected chi connectivity index (χ0v) is 16.8. The Balaban J connectivity index is 1.78. The summed E-state index contributed by atoms with van der Waals surface area (Å²) in [5, 5.41) is 3.58. The van der Waals surface area contributed by atoms with Crippen molar-refractivity contribution in [3.63, 3.8) is 0 Å². The van der Waals surface area contributed by atoms with Crippen molar-refractivity contribution in [3.05, 3.63) is 131 Å². The summed E-state index contributed by atoms with van der Waals surface area (Å²) >= 11 is 0. The summed E-state index contributed by atoms with van der Waals surface area (Å²) in [7, 11) is 1.69. The third-order valence-electron chi connectivity index (χ3n) is 5.67. The second-order valence-electron chi connectivity index (χ2n) is 7.34. The second kappa shape index (κ2) is 7.69. The van der Waals surface area contributed by atoms with Gasteiger partial charge in [0.15, 0.2) is 6.23 Å². The highest BCUT2D eigenvalue weighted by atomic mass is 16.5. The molecule has 1 aliphatic heterocycles. The third kappa shape index (κ3) is 2.95. The van der Waals surface area contributed by atoms with Crippen LogP contribution in [0.15, 0.2) is 109 Å². The summed E-state index contributed by atoms with van der Waals surface area (Å²) < 4.78 is 12.7. The van der Waals surface area contributed by atoms with Crippen LogP contribution in [0.25, 0.3) is 0 Å². The maximum Gasteiger partial charge on any atom is 0.159 e. The van der Waals surface area contributed by atoms with Gasteiger partial charge in [0.05, 0.1) is 7.11 Å². The molecule has 0 bridgehead atoms. The summed E-state index contributed by atoms with van der Waals surface area (Å²) in [5.41, 5.74) is 4.53. The minimum atomic E-state index is -0.754. The highest BCUT2D eigenvalue weighted by Gasteiger charge is 2.45. The number of rotatable bonds is 4. The zero-order valence-electron chi connectivity index (χ0n) is 16.8. The molecule has 3 heteroatoms. The molecule has 5 rings (SSSR count). The number of nitrogens with one attached hydrogen (secondary N) is 1. The van der Waals surface area contributed by atoms with Crippen LogP contribution in [0.2, 0.25) is 0 Å². The maximum absolute atomic E-state index is 7.01. The van der Waals surface area contributed by atoms with Gasteiger partial charge in [-0.1, -0.05) is 97.1 Å². The molecule has 0 aliphatic carbocycles. The largest absolute Gasteiger partial charge is 0.496 e. The Kier molecular flexibility index (Phi) is 4.74. The van der Waals surface area contributed by atoms with Crippen LogP contribution >= 0.6 is 0 Å². The Hall–Kier alpha value is -3.56. The lowest BCUT2D eigenvalue weighted by Gasteiger charge is -2.44. The Morgan fingerprint density at radius 2 is 1.27 bits per heavy atom. The number of ether oxygens (including phenoxy) is 2. The van der Waals surface area contributed by atoms with Crippen molar-refractivity contribution in [2.45, 2.75) is 11.8 Å². The van der Waals surface area contributed by atoms with Crippen LogP contribution in [0.4, 0.5) is 5.69 Å². The number of para-hydroxylation sites is 2. The summed E-state index contributed by atoms with van der Waals surface area (Å²) in [4.78, 5) is 0. The van der Waals surface area contributed by atoms with Gasteiger partial charge in [-0.3, -0.25) is 0 Å². The van der Waals surface area contributed by atoms with Gasteiger partial charge < -0.3 is 14.8 Å². The van der Waals surface area contributed by atoms with Gasteiger partial charge in [-0.25, -0.2) is 0 Å². The van der Waals surface area contributed by atoms with Crippen molar-refractivity contribution < 1.29 is 9.47 Å². The van der Waals surface area contributed by atoms with Crippen LogP contribution in [0, 0.1) is 0 Å². The molecule has 0 unspecified atom stereocenters. The molecule has 0 amide bonds. The Morgan fingerprint density at radius 3 is 1.93 bits per heavy atom. The van der Waals surface area contributed by atoms with Gasteiger partial charge >= 0.3 is 0 Å². The van der Waals surface area contributed by atoms with Crippen LogP contribution in [-0.2, 0) is 10.3 Å². The first-order valence-electron chi connectivity index (χ1n) is 10.1. The number of hydrogen-bond donors (Lipinski definition) is 1. The minimum absolute atomic E-state index is 0.378. The molecule has 1 atom stereocenters. The van der Waals surface area contributed by atoms with Crippen molar-refractivity contribution in [2.75, 3.05) is 12.4 Å². The van der Waals surface area contributed by atoms with Crippen LogP contribution in [0.1, 0.15) is 28.5 Å². The average molecular weight is 393 g/mol. The first-order chi connectivity index (χ1) is 14.8. The van der Waals surface area contributed by atoms with Gasteiger partial charge in [0, 0.05) is 16.8 Å². The molecule has 0 saturated heterocycles. The SMILES string of the molecule is COc1ccccc1[C@@H]1Nc2ccccc2C(c2ccccc2)(c2ccccc2)O1. The Labute approximate surface area is 176 Å². The highest BCUT2D eigenvalue weighted by molar-refractivity contribution is 5.64. The molecule has 0 spiro atoms. The topological polar surface area (TPSA) is 30.5 Å². The van der Waals surface area contributed by atoms with Crippen LogP contribution in [0.3, 0.4) is 0 Å². The smallest absolute Gasteiger partial charge is 0.159 e. The van der Waals surface area contributed by atoms with E-state index in [0.717, 1.165) is 33.7 Å². The number of hydrogen-bond acceptors (Lipinski definition) is 3. The monoisotopic (exact) mass is 393 g/mol. The van der Waals surface area contributed by atoms with E-state index < -0.39 is 5.60 Å². The van der Waals surface area contributed by atoms with Crippen LogP contribution in [-0.4, -0.2) is 7.11 Å². The molecular weight excluding hydrogens is 370 g/mol. The summed E-state index contributed by atoms with van der Waals surface area (Å²) in [6.45, 7) is 0. The van der Waals surface area contributed by atoms with Gasteiger partial charge in [-0.05, 0) is 23.3 Å². The van der Waals surface area contributed by atoms with E-state index in [4.69, 9.17) is 9.47 Å². The van der Waals surface area contributed by atoms with E-state index in [-0.39, 0.29) is 6.23 Å². The van der Waals surface area contributed by atoms with Gasteiger partial charge in [0.1, 0.15) is 11.4 Å². The lowest BCUT2D eigenvalue weighted by atomic mass is 9.78. The fraction of sp³-hybridized carbons (Fsp3) is 0.111. The van der Waals surface area contributed by atoms with Gasteiger partial charge in [0.2, 0.25) is 0 Å². The molecule has 4 aromatic rings. The van der Waals surface area contributed by atoms with Gasteiger partial charge in [-0.15, -0.1) is 0 Å².